The summed E-state index contributed by atoms with van der Waals surface area (Å²) in [6.07, 6.45) is 2.06. The molecule has 0 spiro atoms. The topological polar surface area (TPSA) is 50.9 Å². The standard InChI is InChI=1S/C14H18BrN3/c1-4-5-10-7-11-9(3)13(15)8(2)6-12(11)17-14(10)18-16/h6-7H,4-5,16H2,1-3H3,(H,17,18). The van der Waals surface area contributed by atoms with Crippen LogP contribution in [0.2, 0.25) is 0 Å². The third-order valence-corrected chi connectivity index (χ3v) is 4.44. The highest BCUT2D eigenvalue weighted by molar-refractivity contribution is 9.10. The van der Waals surface area contributed by atoms with Gasteiger partial charge in [-0.3, -0.25) is 0 Å². The monoisotopic (exact) mass is 307 g/mol. The third kappa shape index (κ3) is 2.22. The third-order valence-electron chi connectivity index (χ3n) is 3.22. The van der Waals surface area contributed by atoms with Crippen LogP contribution in [0.1, 0.15) is 30.0 Å². The van der Waals surface area contributed by atoms with Crippen molar-refractivity contribution in [3.8, 4) is 0 Å². The van der Waals surface area contributed by atoms with E-state index in [1.165, 1.54) is 22.1 Å². The largest absolute Gasteiger partial charge is 0.308 e. The van der Waals surface area contributed by atoms with Crippen LogP contribution in [0.3, 0.4) is 0 Å². The number of hydrazine groups is 1. The number of hydrogen-bond donors (Lipinski definition) is 2. The van der Waals surface area contributed by atoms with Gasteiger partial charge in [-0.25, -0.2) is 10.8 Å². The van der Waals surface area contributed by atoms with Crippen LogP contribution in [-0.4, -0.2) is 4.98 Å². The van der Waals surface area contributed by atoms with E-state index in [9.17, 15) is 0 Å². The average molecular weight is 308 g/mol. The van der Waals surface area contributed by atoms with Crippen LogP contribution in [0.4, 0.5) is 5.82 Å². The van der Waals surface area contributed by atoms with Gasteiger partial charge in [0, 0.05) is 9.86 Å². The van der Waals surface area contributed by atoms with Gasteiger partial charge in [0.2, 0.25) is 0 Å². The number of nitrogens with zero attached hydrogens (tertiary/aromatic N) is 1. The van der Waals surface area contributed by atoms with Crippen molar-refractivity contribution in [3.05, 3.63) is 33.3 Å². The molecule has 18 heavy (non-hydrogen) atoms. The minimum Gasteiger partial charge on any atom is -0.308 e. The lowest BCUT2D eigenvalue weighted by atomic mass is 10.0. The first-order chi connectivity index (χ1) is 8.58. The molecule has 0 saturated heterocycles. The molecular formula is C14H18BrN3. The Kier molecular flexibility index (Phi) is 3.88. The summed E-state index contributed by atoms with van der Waals surface area (Å²) in [7, 11) is 0. The number of nitrogens with one attached hydrogen (secondary N) is 1. The first-order valence-electron chi connectivity index (χ1n) is 6.14. The summed E-state index contributed by atoms with van der Waals surface area (Å²) >= 11 is 3.63. The zero-order valence-electron chi connectivity index (χ0n) is 11.0. The van der Waals surface area contributed by atoms with Crippen LogP contribution in [-0.2, 0) is 6.42 Å². The van der Waals surface area contributed by atoms with Crippen molar-refractivity contribution < 1.29 is 0 Å². The molecule has 1 heterocycles. The van der Waals surface area contributed by atoms with Gasteiger partial charge >= 0.3 is 0 Å². The van der Waals surface area contributed by atoms with Crippen LogP contribution in [0.5, 0.6) is 0 Å². The summed E-state index contributed by atoms with van der Waals surface area (Å²) in [6, 6.07) is 4.28. The zero-order chi connectivity index (χ0) is 13.3. The molecule has 2 rings (SSSR count). The molecule has 1 aromatic heterocycles. The van der Waals surface area contributed by atoms with Crippen LogP contribution >= 0.6 is 15.9 Å². The maximum Gasteiger partial charge on any atom is 0.143 e. The SMILES string of the molecule is CCCc1cc2c(C)c(Br)c(C)cc2nc1NN. The lowest BCUT2D eigenvalue weighted by Crippen LogP contribution is -2.11. The van der Waals surface area contributed by atoms with E-state index in [4.69, 9.17) is 5.84 Å². The molecule has 96 valence electrons. The Bertz CT molecular complexity index is 593. The maximum atomic E-state index is 5.56. The van der Waals surface area contributed by atoms with Gasteiger partial charge in [0.25, 0.3) is 0 Å². The minimum atomic E-state index is 0.783. The molecule has 0 bridgehead atoms. The lowest BCUT2D eigenvalue weighted by Gasteiger charge is -2.13. The predicted octanol–water partition coefficient (Wildman–Crippen LogP) is 3.85. The van der Waals surface area contributed by atoms with Gasteiger partial charge < -0.3 is 5.43 Å². The molecule has 0 atom stereocenters. The van der Waals surface area contributed by atoms with Gasteiger partial charge in [-0.05, 0) is 49.1 Å². The van der Waals surface area contributed by atoms with Gasteiger partial charge in [-0.15, -0.1) is 0 Å². The van der Waals surface area contributed by atoms with Crippen LogP contribution in [0.15, 0.2) is 16.6 Å². The van der Waals surface area contributed by atoms with Crippen LogP contribution in [0.25, 0.3) is 10.9 Å². The Hall–Kier alpha value is -1.13. The average Bonchev–Trinajstić information content (AvgIpc) is 2.37. The zero-order valence-corrected chi connectivity index (χ0v) is 12.6. The number of anilines is 1. The molecule has 0 aliphatic heterocycles. The molecule has 3 nitrogen and oxygen atoms in total. The molecule has 0 unspecified atom stereocenters. The molecular weight excluding hydrogens is 290 g/mol. The molecule has 0 amide bonds. The van der Waals surface area contributed by atoms with Crippen molar-refractivity contribution in [2.45, 2.75) is 33.6 Å². The van der Waals surface area contributed by atoms with E-state index in [1.807, 2.05) is 0 Å². The summed E-state index contributed by atoms with van der Waals surface area (Å²) in [6.45, 7) is 6.35. The number of benzene rings is 1. The van der Waals surface area contributed by atoms with Gasteiger partial charge in [0.05, 0.1) is 5.52 Å². The fourth-order valence-electron chi connectivity index (χ4n) is 2.25. The molecule has 0 saturated carbocycles. The molecule has 2 aromatic rings. The van der Waals surface area contributed by atoms with Gasteiger partial charge in [-0.2, -0.15) is 0 Å². The van der Waals surface area contributed by atoms with E-state index in [0.717, 1.165) is 28.6 Å². The summed E-state index contributed by atoms with van der Waals surface area (Å²) in [4.78, 5) is 4.62. The predicted molar refractivity (Wildman–Crippen MR) is 80.7 cm³/mol. The Balaban J connectivity index is 2.75. The maximum absolute atomic E-state index is 5.56. The van der Waals surface area contributed by atoms with Crippen LogP contribution in [0, 0.1) is 13.8 Å². The number of aromatic nitrogens is 1. The lowest BCUT2D eigenvalue weighted by molar-refractivity contribution is 0.916. The fraction of sp³-hybridized carbons (Fsp3) is 0.357. The second-order valence-electron chi connectivity index (χ2n) is 4.59. The molecule has 0 aliphatic carbocycles. The smallest absolute Gasteiger partial charge is 0.143 e. The van der Waals surface area contributed by atoms with Gasteiger partial charge in [-0.1, -0.05) is 29.3 Å². The van der Waals surface area contributed by atoms with E-state index in [-0.39, 0.29) is 0 Å². The highest BCUT2D eigenvalue weighted by Gasteiger charge is 2.10. The number of aryl methyl sites for hydroxylation is 3. The number of nitrogen functional groups attached to an aromatic ring is 1. The first kappa shape index (κ1) is 13.3. The molecule has 0 radical (unpaired) electrons. The van der Waals surface area contributed by atoms with Crippen molar-refractivity contribution >= 4 is 32.7 Å². The number of nitrogens with two attached hydrogens (primary N) is 1. The van der Waals surface area contributed by atoms with E-state index in [2.05, 4.69) is 59.2 Å². The van der Waals surface area contributed by atoms with Crippen molar-refractivity contribution in [2.75, 3.05) is 5.43 Å². The normalized spacial score (nSPS) is 10.9. The molecule has 1 aromatic carbocycles. The quantitative estimate of drug-likeness (QED) is 0.669. The highest BCUT2D eigenvalue weighted by atomic mass is 79.9. The van der Waals surface area contributed by atoms with Gasteiger partial charge in [0.1, 0.15) is 5.82 Å². The van der Waals surface area contributed by atoms with E-state index in [0.29, 0.717) is 0 Å². The Morgan fingerprint density at radius 2 is 2.06 bits per heavy atom. The van der Waals surface area contributed by atoms with Crippen molar-refractivity contribution in [3.63, 3.8) is 0 Å². The molecule has 0 aliphatic rings. The Morgan fingerprint density at radius 1 is 1.33 bits per heavy atom. The highest BCUT2D eigenvalue weighted by Crippen LogP contribution is 2.31. The van der Waals surface area contributed by atoms with E-state index in [1.54, 1.807) is 0 Å². The number of fused-ring (bicyclic) bond motifs is 1. The van der Waals surface area contributed by atoms with Crippen molar-refractivity contribution in [1.82, 2.24) is 4.98 Å². The van der Waals surface area contributed by atoms with E-state index < -0.39 is 0 Å². The fourth-order valence-corrected chi connectivity index (χ4v) is 2.57. The Labute approximate surface area is 116 Å². The molecule has 4 heteroatoms. The number of rotatable bonds is 3. The number of halogens is 1. The number of pyridine rings is 1. The Morgan fingerprint density at radius 3 is 2.67 bits per heavy atom. The minimum absolute atomic E-state index is 0.783. The van der Waals surface area contributed by atoms with E-state index >= 15 is 0 Å². The summed E-state index contributed by atoms with van der Waals surface area (Å²) < 4.78 is 1.16. The summed E-state index contributed by atoms with van der Waals surface area (Å²) in [5, 5.41) is 1.19. The second-order valence-corrected chi connectivity index (χ2v) is 5.38. The number of hydrogen-bond acceptors (Lipinski definition) is 3. The second kappa shape index (κ2) is 5.24. The summed E-state index contributed by atoms with van der Waals surface area (Å²) in [5.41, 5.74) is 7.29. The first-order valence-corrected chi connectivity index (χ1v) is 6.93. The molecule has 3 N–H and O–H groups in total. The van der Waals surface area contributed by atoms with Crippen LogP contribution < -0.4 is 11.3 Å². The summed E-state index contributed by atoms with van der Waals surface area (Å²) in [5.74, 6) is 6.34. The van der Waals surface area contributed by atoms with Crippen molar-refractivity contribution in [1.29, 1.82) is 0 Å². The van der Waals surface area contributed by atoms with Gasteiger partial charge in [0.15, 0.2) is 0 Å². The van der Waals surface area contributed by atoms with Crippen molar-refractivity contribution in [2.24, 2.45) is 5.84 Å². The molecule has 0 fully saturated rings.